The van der Waals surface area contributed by atoms with Crippen molar-refractivity contribution in [1.82, 2.24) is 10.7 Å². The highest BCUT2D eigenvalue weighted by Crippen LogP contribution is 2.12. The first-order valence-corrected chi connectivity index (χ1v) is 7.15. The summed E-state index contributed by atoms with van der Waals surface area (Å²) in [5, 5.41) is 6.91. The Hall–Kier alpha value is -2.41. The highest BCUT2D eigenvalue weighted by Gasteiger charge is 2.11. The molecule has 3 nitrogen and oxygen atoms in total. The lowest BCUT2D eigenvalue weighted by molar-refractivity contribution is 0.578. The summed E-state index contributed by atoms with van der Waals surface area (Å²) in [5.41, 5.74) is 3.27. The Morgan fingerprint density at radius 1 is 1.04 bits per heavy atom. The lowest BCUT2D eigenvalue weighted by Gasteiger charge is -2.09. The second-order valence-corrected chi connectivity index (χ2v) is 5.12. The summed E-state index contributed by atoms with van der Waals surface area (Å²) in [6, 6.07) is 9.52. The highest BCUT2D eigenvalue weighted by atomic mass is 32.1. The molecule has 0 heterocycles. The van der Waals surface area contributed by atoms with Gasteiger partial charge in [-0.3, -0.25) is 5.43 Å². The largest absolute Gasteiger partial charge is 0.357 e. The molecule has 7 heteroatoms. The molecular weight excluding hydrogens is 323 g/mol. The molecule has 0 radical (unpaired) electrons. The van der Waals surface area contributed by atoms with Crippen LogP contribution in [0.1, 0.15) is 18.1 Å². The van der Waals surface area contributed by atoms with E-state index < -0.39 is 11.6 Å². The summed E-state index contributed by atoms with van der Waals surface area (Å²) in [6.07, 6.45) is 0. The fourth-order valence-electron chi connectivity index (χ4n) is 1.86. The van der Waals surface area contributed by atoms with Gasteiger partial charge in [-0.05, 0) is 49.0 Å². The van der Waals surface area contributed by atoms with Gasteiger partial charge in [0.1, 0.15) is 17.5 Å². The molecule has 0 spiro atoms. The third kappa shape index (κ3) is 4.79. The normalized spacial score (nSPS) is 11.2. The van der Waals surface area contributed by atoms with Gasteiger partial charge in [0.15, 0.2) is 5.11 Å². The Kier molecular flexibility index (Phi) is 5.70. The Balaban J connectivity index is 1.93. The molecule has 120 valence electrons. The van der Waals surface area contributed by atoms with E-state index in [1.807, 2.05) is 0 Å². The van der Waals surface area contributed by atoms with E-state index in [9.17, 15) is 13.2 Å². The second-order valence-electron chi connectivity index (χ2n) is 4.71. The molecule has 0 aromatic heterocycles. The number of hydrogen-bond acceptors (Lipinski definition) is 2. The number of nitrogens with zero attached hydrogens (tertiary/aromatic N) is 1. The summed E-state index contributed by atoms with van der Waals surface area (Å²) in [7, 11) is 0. The molecule has 2 aromatic rings. The maximum Gasteiger partial charge on any atom is 0.187 e. The van der Waals surface area contributed by atoms with Crippen molar-refractivity contribution < 1.29 is 13.2 Å². The van der Waals surface area contributed by atoms with Gasteiger partial charge in [-0.25, -0.2) is 13.2 Å². The van der Waals surface area contributed by atoms with Crippen LogP contribution in [0, 0.1) is 17.5 Å². The predicted octanol–water partition coefficient (Wildman–Crippen LogP) is 3.49. The van der Waals surface area contributed by atoms with Gasteiger partial charge in [0, 0.05) is 6.54 Å². The van der Waals surface area contributed by atoms with E-state index in [2.05, 4.69) is 15.8 Å². The molecule has 0 bridgehead atoms. The van der Waals surface area contributed by atoms with Gasteiger partial charge in [-0.1, -0.05) is 18.2 Å². The lowest BCUT2D eigenvalue weighted by atomic mass is 10.1. The summed E-state index contributed by atoms with van der Waals surface area (Å²) in [4.78, 5) is 0. The van der Waals surface area contributed by atoms with Crippen LogP contribution in [0.5, 0.6) is 0 Å². The molecule has 0 fully saturated rings. The van der Waals surface area contributed by atoms with E-state index in [1.54, 1.807) is 12.1 Å². The van der Waals surface area contributed by atoms with Crippen LogP contribution in [0.3, 0.4) is 0 Å². The maximum atomic E-state index is 13.6. The second kappa shape index (κ2) is 7.73. The maximum absolute atomic E-state index is 13.6. The minimum absolute atomic E-state index is 0.131. The average Bonchev–Trinajstić information content (AvgIpc) is 2.52. The smallest absolute Gasteiger partial charge is 0.187 e. The van der Waals surface area contributed by atoms with E-state index >= 15 is 0 Å². The predicted molar refractivity (Wildman–Crippen MR) is 87.5 cm³/mol. The van der Waals surface area contributed by atoms with Gasteiger partial charge in [0.25, 0.3) is 0 Å². The summed E-state index contributed by atoms with van der Waals surface area (Å²) in [6.45, 7) is 1.84. The Bertz CT molecular complexity index is 710. The molecule has 2 N–H and O–H groups in total. The summed E-state index contributed by atoms with van der Waals surface area (Å²) < 4.78 is 40.0. The van der Waals surface area contributed by atoms with Crippen molar-refractivity contribution in [3.8, 4) is 0 Å². The molecule has 0 amide bonds. The Morgan fingerprint density at radius 2 is 1.65 bits per heavy atom. The number of benzene rings is 2. The minimum atomic E-state index is -0.696. The van der Waals surface area contributed by atoms with E-state index in [1.165, 1.54) is 25.1 Å². The van der Waals surface area contributed by atoms with E-state index in [4.69, 9.17) is 12.2 Å². The molecule has 0 unspecified atom stereocenters. The van der Waals surface area contributed by atoms with Gasteiger partial charge < -0.3 is 5.32 Å². The van der Waals surface area contributed by atoms with Crippen LogP contribution in [-0.2, 0) is 6.54 Å². The van der Waals surface area contributed by atoms with Crippen molar-refractivity contribution in [2.75, 3.05) is 0 Å². The van der Waals surface area contributed by atoms with E-state index in [0.29, 0.717) is 6.54 Å². The van der Waals surface area contributed by atoms with Gasteiger partial charge >= 0.3 is 0 Å². The standard InChI is InChI=1S/C16H14F3N3S/c1-10(15-13(18)3-2-4-14(15)19)21-22-16(23)20-9-11-5-7-12(17)8-6-11/h2-8H,9H2,1H3,(H2,20,22,23)/b21-10-. The molecule has 2 rings (SSSR count). The Morgan fingerprint density at radius 3 is 2.26 bits per heavy atom. The minimum Gasteiger partial charge on any atom is -0.357 e. The molecule has 0 saturated carbocycles. The van der Waals surface area contributed by atoms with Crippen molar-refractivity contribution in [1.29, 1.82) is 0 Å². The number of thiocarbonyl (C=S) groups is 1. The summed E-state index contributed by atoms with van der Waals surface area (Å²) >= 11 is 5.02. The molecule has 0 aliphatic heterocycles. The summed E-state index contributed by atoms with van der Waals surface area (Å²) in [5.74, 6) is -1.71. The van der Waals surface area contributed by atoms with Gasteiger partial charge in [-0.2, -0.15) is 5.10 Å². The third-order valence-electron chi connectivity index (χ3n) is 3.02. The Labute approximate surface area is 137 Å². The topological polar surface area (TPSA) is 36.4 Å². The van der Waals surface area contributed by atoms with Crippen LogP contribution < -0.4 is 10.7 Å². The SMILES string of the molecule is C/C(=N/NC(=S)NCc1ccc(F)cc1)c1c(F)cccc1F. The van der Waals surface area contributed by atoms with Crippen molar-refractivity contribution >= 4 is 23.0 Å². The van der Waals surface area contributed by atoms with Gasteiger partial charge in [-0.15, -0.1) is 0 Å². The van der Waals surface area contributed by atoms with Gasteiger partial charge in [0.05, 0.1) is 11.3 Å². The molecule has 0 atom stereocenters. The number of hydrazone groups is 1. The average molecular weight is 337 g/mol. The lowest BCUT2D eigenvalue weighted by Crippen LogP contribution is -2.32. The third-order valence-corrected chi connectivity index (χ3v) is 3.25. The quantitative estimate of drug-likeness (QED) is 0.509. The molecule has 2 aromatic carbocycles. The fourth-order valence-corrected chi connectivity index (χ4v) is 1.98. The van der Waals surface area contributed by atoms with Crippen molar-refractivity contribution in [3.05, 3.63) is 71.0 Å². The first-order chi connectivity index (χ1) is 11.0. The zero-order valence-corrected chi connectivity index (χ0v) is 13.1. The zero-order valence-electron chi connectivity index (χ0n) is 12.2. The van der Waals surface area contributed by atoms with Crippen LogP contribution in [0.25, 0.3) is 0 Å². The number of rotatable bonds is 4. The first kappa shape index (κ1) is 17.0. The zero-order chi connectivity index (χ0) is 16.8. The van der Waals surface area contributed by atoms with Crippen molar-refractivity contribution in [2.24, 2.45) is 5.10 Å². The van der Waals surface area contributed by atoms with Gasteiger partial charge in [0.2, 0.25) is 0 Å². The van der Waals surface area contributed by atoms with Crippen molar-refractivity contribution in [3.63, 3.8) is 0 Å². The van der Waals surface area contributed by atoms with Crippen LogP contribution in [0.15, 0.2) is 47.6 Å². The molecule has 0 aliphatic rings. The van der Waals surface area contributed by atoms with E-state index in [0.717, 1.165) is 17.7 Å². The van der Waals surface area contributed by atoms with Crippen molar-refractivity contribution in [2.45, 2.75) is 13.5 Å². The van der Waals surface area contributed by atoms with Crippen LogP contribution in [0.2, 0.25) is 0 Å². The molecule has 0 saturated heterocycles. The number of halogens is 3. The van der Waals surface area contributed by atoms with Crippen LogP contribution in [-0.4, -0.2) is 10.8 Å². The molecule has 0 aliphatic carbocycles. The molecule has 23 heavy (non-hydrogen) atoms. The van der Waals surface area contributed by atoms with E-state index in [-0.39, 0.29) is 22.2 Å². The first-order valence-electron chi connectivity index (χ1n) is 6.74. The van der Waals surface area contributed by atoms with Crippen LogP contribution in [0.4, 0.5) is 13.2 Å². The van der Waals surface area contributed by atoms with Crippen LogP contribution >= 0.6 is 12.2 Å². The monoisotopic (exact) mass is 337 g/mol. The highest BCUT2D eigenvalue weighted by molar-refractivity contribution is 7.80. The molecular formula is C16H14F3N3S. The fraction of sp³-hybridized carbons (Fsp3) is 0.125. The number of nitrogens with one attached hydrogen (secondary N) is 2. The number of hydrogen-bond donors (Lipinski definition) is 2.